The fourth-order valence-corrected chi connectivity index (χ4v) is 10.7. The number of amides is 1. The van der Waals surface area contributed by atoms with Crippen molar-refractivity contribution >= 4 is 46.2 Å². The molecule has 4 aliphatic rings. The van der Waals surface area contributed by atoms with Gasteiger partial charge in [-0.15, -0.1) is 6.58 Å². The summed E-state index contributed by atoms with van der Waals surface area (Å²) in [5, 5.41) is 37.8. The number of anilines is 4. The molecule has 342 valence electrons. The lowest BCUT2D eigenvalue weighted by Gasteiger charge is -2.62. The van der Waals surface area contributed by atoms with Gasteiger partial charge in [-0.05, 0) is 111 Å². The quantitative estimate of drug-likeness (QED) is 0.0480. The number of aldehydes is 1. The summed E-state index contributed by atoms with van der Waals surface area (Å²) in [6.07, 6.45) is 8.35. The van der Waals surface area contributed by atoms with Crippen molar-refractivity contribution < 1.29 is 24.9 Å². The third-order valence-corrected chi connectivity index (χ3v) is 14.4. The number of carbonyl (C=O) groups is 2. The van der Waals surface area contributed by atoms with Gasteiger partial charge in [-0.2, -0.15) is 4.98 Å². The Kier molecular flexibility index (Phi) is 12.4. The molecule has 3 fully saturated rings. The summed E-state index contributed by atoms with van der Waals surface area (Å²) < 4.78 is 3.39. The van der Waals surface area contributed by atoms with Gasteiger partial charge in [-0.1, -0.05) is 31.2 Å². The lowest BCUT2D eigenvalue weighted by molar-refractivity contribution is -0.409. The normalized spacial score (nSPS) is 19.0. The molecule has 9 rings (SSSR count). The number of nitrogens with zero attached hydrogens (tertiary/aromatic N) is 8. The van der Waals surface area contributed by atoms with Crippen LogP contribution in [0.2, 0.25) is 0 Å². The minimum absolute atomic E-state index is 0.0624. The number of fused-ring (bicyclic) bond motifs is 2. The summed E-state index contributed by atoms with van der Waals surface area (Å²) in [5.41, 5.74) is 6.52. The van der Waals surface area contributed by atoms with Gasteiger partial charge in [-0.25, -0.2) is 24.2 Å². The predicted octanol–water partition coefficient (Wildman–Crippen LogP) is 4.93. The van der Waals surface area contributed by atoms with E-state index in [1.54, 1.807) is 28.7 Å². The van der Waals surface area contributed by atoms with E-state index in [-0.39, 0.29) is 34.8 Å². The van der Waals surface area contributed by atoms with Crippen molar-refractivity contribution in [1.29, 1.82) is 0 Å². The fraction of sp³-hybridized carbons (Fsp3) is 0.469. The number of aromatic nitrogens is 5. The van der Waals surface area contributed by atoms with Crippen molar-refractivity contribution in [2.75, 3.05) is 54.9 Å². The summed E-state index contributed by atoms with van der Waals surface area (Å²) in [4.78, 5) is 57.5. The summed E-state index contributed by atoms with van der Waals surface area (Å²) in [5.74, 6) is 1.18. The third-order valence-electron chi connectivity index (χ3n) is 14.4. The zero-order valence-electron chi connectivity index (χ0n) is 37.3. The lowest BCUT2D eigenvalue weighted by Crippen LogP contribution is -2.70. The molecule has 5 N–H and O–H groups in total. The molecule has 2 aliphatic heterocycles. The maximum absolute atomic E-state index is 13.5. The molecule has 0 radical (unpaired) electrons. The van der Waals surface area contributed by atoms with Gasteiger partial charge in [0.1, 0.15) is 11.7 Å². The Morgan fingerprint density at radius 2 is 1.69 bits per heavy atom. The van der Waals surface area contributed by atoms with Crippen molar-refractivity contribution in [1.82, 2.24) is 34.5 Å². The average Bonchev–Trinajstić information content (AvgIpc) is 3.82. The van der Waals surface area contributed by atoms with Crippen LogP contribution in [0.15, 0.2) is 84.3 Å². The van der Waals surface area contributed by atoms with Crippen LogP contribution in [0, 0.1) is 11.3 Å². The van der Waals surface area contributed by atoms with Gasteiger partial charge in [0.2, 0.25) is 11.9 Å². The van der Waals surface area contributed by atoms with E-state index in [2.05, 4.69) is 57.1 Å². The second-order valence-corrected chi connectivity index (χ2v) is 18.6. The number of benzene rings is 2. The van der Waals surface area contributed by atoms with Crippen LogP contribution in [-0.4, -0.2) is 109 Å². The number of aliphatic hydroxyl groups is 3. The number of carbonyl (C=O) groups excluding carboxylic acids is 2. The van der Waals surface area contributed by atoms with Crippen LogP contribution in [0.4, 0.5) is 23.0 Å². The molecule has 1 amide bonds. The Labute approximate surface area is 378 Å². The zero-order valence-corrected chi connectivity index (χ0v) is 37.3. The first-order chi connectivity index (χ1) is 31.4. The molecule has 1 saturated carbocycles. The molecular weight excluding hydrogens is 825 g/mol. The minimum atomic E-state index is -2.89. The summed E-state index contributed by atoms with van der Waals surface area (Å²) in [7, 11) is 1.59. The standard InChI is InChI=1S/C49H60N10O6/c1-4-22-58-46(62)41-27-51-47(54-45(41)59(58)42-18-10-35-7-6-33(5-2)44(35)53-42)52-37-12-16-38(17-13-37)55-23-20-32(21-24-55)28-57(49(63,64)65)40-25-48(26-40)30-56(31-48)39-14-8-34(9-15-39)36(29-60)11-19-43(61)50-3/h4,8-10,12-18,27,29,32-33,36,40,63-65H,1,5-7,11,19-26,28,30-31H2,2-3H3,(H,50,61)(H,51,52,54). The number of piperidine rings is 1. The van der Waals surface area contributed by atoms with E-state index >= 15 is 0 Å². The summed E-state index contributed by atoms with van der Waals surface area (Å²) >= 11 is 0. The molecular formula is C49H60N10O6. The fourth-order valence-electron chi connectivity index (χ4n) is 10.7. The van der Waals surface area contributed by atoms with Crippen molar-refractivity contribution in [2.24, 2.45) is 11.3 Å². The molecule has 2 unspecified atom stereocenters. The first kappa shape index (κ1) is 44.3. The Morgan fingerprint density at radius 1 is 0.985 bits per heavy atom. The molecule has 0 bridgehead atoms. The molecule has 2 aromatic carbocycles. The largest absolute Gasteiger partial charge is 0.372 e. The van der Waals surface area contributed by atoms with Crippen LogP contribution in [0.3, 0.4) is 0 Å². The maximum atomic E-state index is 13.5. The van der Waals surface area contributed by atoms with Gasteiger partial charge in [0, 0.05) is 98.4 Å². The first-order valence-electron chi connectivity index (χ1n) is 23.1. The first-order valence-corrected chi connectivity index (χ1v) is 23.1. The molecule has 5 heterocycles. The van der Waals surface area contributed by atoms with Crippen molar-refractivity contribution in [3.8, 4) is 5.82 Å². The highest BCUT2D eigenvalue weighted by atomic mass is 16.7. The maximum Gasteiger partial charge on any atom is 0.346 e. The van der Waals surface area contributed by atoms with Crippen LogP contribution < -0.4 is 26.0 Å². The van der Waals surface area contributed by atoms with Crippen LogP contribution in [0.5, 0.6) is 0 Å². The summed E-state index contributed by atoms with van der Waals surface area (Å²) in [6.45, 7) is 10.0. The topological polar surface area (TPSA) is 194 Å². The number of aryl methyl sites for hydroxylation is 1. The second-order valence-electron chi connectivity index (χ2n) is 18.6. The number of allylic oxidation sites excluding steroid dienone is 1. The van der Waals surface area contributed by atoms with Gasteiger partial charge in [0.05, 0.1) is 6.54 Å². The van der Waals surface area contributed by atoms with E-state index in [4.69, 9.17) is 9.97 Å². The Morgan fingerprint density at radius 3 is 2.35 bits per heavy atom. The van der Waals surface area contributed by atoms with E-state index in [0.717, 1.165) is 106 Å². The zero-order chi connectivity index (χ0) is 45.5. The molecule has 5 aromatic rings. The van der Waals surface area contributed by atoms with Gasteiger partial charge < -0.3 is 40.5 Å². The molecule has 65 heavy (non-hydrogen) atoms. The molecule has 2 saturated heterocycles. The van der Waals surface area contributed by atoms with Crippen LogP contribution >= 0.6 is 0 Å². The van der Waals surface area contributed by atoms with Gasteiger partial charge in [0.15, 0.2) is 11.5 Å². The number of hydrogen-bond donors (Lipinski definition) is 5. The Bertz CT molecular complexity index is 2580. The molecule has 16 nitrogen and oxygen atoms in total. The Hall–Kier alpha value is -5.94. The van der Waals surface area contributed by atoms with Gasteiger partial charge in [0.25, 0.3) is 5.56 Å². The van der Waals surface area contributed by atoms with Gasteiger partial charge >= 0.3 is 6.10 Å². The molecule has 2 atom stereocenters. The monoisotopic (exact) mass is 884 g/mol. The van der Waals surface area contributed by atoms with E-state index in [9.17, 15) is 29.7 Å². The molecule has 2 aliphatic carbocycles. The second kappa shape index (κ2) is 18.1. The van der Waals surface area contributed by atoms with E-state index in [1.165, 1.54) is 10.5 Å². The van der Waals surface area contributed by atoms with Gasteiger partial charge in [-0.3, -0.25) is 9.59 Å². The number of pyridine rings is 1. The Balaban J connectivity index is 0.783. The molecule has 1 spiro atoms. The molecule has 16 heteroatoms. The SMILES string of the molecule is C=CCn1c(=O)c2cnc(Nc3ccc(N4CCC(CN(C5CC6(C5)CN(c5ccc(C(C=O)CCC(=O)NC)cc5)C6)C(O)(O)O)CC4)cc3)nc2n1-c1ccc2c(n1)C(CC)CC2. The summed E-state index contributed by atoms with van der Waals surface area (Å²) in [6, 6.07) is 20.0. The number of rotatable bonds is 17. The van der Waals surface area contributed by atoms with E-state index in [1.807, 2.05) is 42.5 Å². The van der Waals surface area contributed by atoms with Crippen molar-refractivity contribution in [2.45, 2.75) is 95.2 Å². The number of nitrogens with one attached hydrogen (secondary N) is 2. The van der Waals surface area contributed by atoms with Crippen LogP contribution in [-0.2, 0) is 22.6 Å². The highest BCUT2D eigenvalue weighted by Gasteiger charge is 2.56. The van der Waals surface area contributed by atoms with Crippen molar-refractivity contribution in [3.05, 3.63) is 107 Å². The van der Waals surface area contributed by atoms with Crippen LogP contribution in [0.1, 0.15) is 86.9 Å². The lowest BCUT2D eigenvalue weighted by atomic mass is 9.60. The number of hydrogen-bond acceptors (Lipinski definition) is 13. The predicted molar refractivity (Wildman–Crippen MR) is 249 cm³/mol. The highest BCUT2D eigenvalue weighted by Crippen LogP contribution is 2.52. The highest BCUT2D eigenvalue weighted by molar-refractivity contribution is 5.77. The molecule has 3 aromatic heterocycles. The third kappa shape index (κ3) is 8.92. The van der Waals surface area contributed by atoms with Crippen LogP contribution in [0.25, 0.3) is 16.9 Å². The average molecular weight is 885 g/mol. The minimum Gasteiger partial charge on any atom is -0.372 e. The van der Waals surface area contributed by atoms with E-state index in [0.29, 0.717) is 54.6 Å². The van der Waals surface area contributed by atoms with E-state index < -0.39 is 6.10 Å². The smallest absolute Gasteiger partial charge is 0.346 e. The van der Waals surface area contributed by atoms with Crippen molar-refractivity contribution in [3.63, 3.8) is 0 Å².